The fourth-order valence-corrected chi connectivity index (χ4v) is 1.84. The summed E-state index contributed by atoms with van der Waals surface area (Å²) in [4.78, 5) is 24.0. The molecule has 18 heavy (non-hydrogen) atoms. The predicted octanol–water partition coefficient (Wildman–Crippen LogP) is 0.918. The van der Waals surface area contributed by atoms with E-state index in [1.807, 2.05) is 13.8 Å². The number of nitrogens with one attached hydrogen (secondary N) is 1. The number of aliphatic carboxylic acids is 1. The van der Waals surface area contributed by atoms with Gasteiger partial charge in [-0.3, -0.25) is 4.79 Å². The van der Waals surface area contributed by atoms with Gasteiger partial charge >= 0.3 is 12.0 Å². The molecule has 0 spiro atoms. The van der Waals surface area contributed by atoms with Gasteiger partial charge in [-0.2, -0.15) is 0 Å². The number of ether oxygens (including phenoxy) is 1. The van der Waals surface area contributed by atoms with Crippen LogP contribution in [0.15, 0.2) is 0 Å². The molecule has 0 saturated carbocycles. The van der Waals surface area contributed by atoms with Crippen LogP contribution in [0, 0.1) is 5.92 Å². The molecule has 0 aliphatic carbocycles. The first-order valence-electron chi connectivity index (χ1n) is 6.38. The molecule has 6 heteroatoms. The number of carbonyl (C=O) groups excluding carboxylic acids is 1. The van der Waals surface area contributed by atoms with Gasteiger partial charge in [0.05, 0.1) is 12.0 Å². The standard InChI is InChI=1S/C12H22N2O4/c1-9(2)18-7-3-5-13-12(17)14-6-4-10(8-14)11(15)16/h9-10H,3-8H2,1-2H3,(H,13,17)(H,15,16). The van der Waals surface area contributed by atoms with Crippen LogP contribution < -0.4 is 5.32 Å². The first-order valence-corrected chi connectivity index (χ1v) is 6.38. The third kappa shape index (κ3) is 4.91. The molecule has 2 N–H and O–H groups in total. The molecule has 0 radical (unpaired) electrons. The van der Waals surface area contributed by atoms with E-state index in [-0.39, 0.29) is 12.1 Å². The zero-order chi connectivity index (χ0) is 13.5. The normalized spacial score (nSPS) is 19.3. The van der Waals surface area contributed by atoms with Gasteiger partial charge in [0.15, 0.2) is 0 Å². The minimum Gasteiger partial charge on any atom is -0.481 e. The Labute approximate surface area is 107 Å². The fraction of sp³-hybridized carbons (Fsp3) is 0.833. The maximum absolute atomic E-state index is 11.7. The maximum atomic E-state index is 11.7. The smallest absolute Gasteiger partial charge is 0.317 e. The van der Waals surface area contributed by atoms with Gasteiger partial charge < -0.3 is 20.1 Å². The lowest BCUT2D eigenvalue weighted by molar-refractivity contribution is -0.141. The number of carbonyl (C=O) groups is 2. The van der Waals surface area contributed by atoms with E-state index < -0.39 is 11.9 Å². The molecule has 1 heterocycles. The summed E-state index contributed by atoms with van der Waals surface area (Å²) >= 11 is 0. The van der Waals surface area contributed by atoms with Gasteiger partial charge in [-0.25, -0.2) is 4.79 Å². The fourth-order valence-electron chi connectivity index (χ4n) is 1.84. The minimum absolute atomic E-state index is 0.178. The maximum Gasteiger partial charge on any atom is 0.317 e. The number of nitrogens with zero attached hydrogens (tertiary/aromatic N) is 1. The van der Waals surface area contributed by atoms with Gasteiger partial charge in [0, 0.05) is 26.2 Å². The predicted molar refractivity (Wildman–Crippen MR) is 66.4 cm³/mol. The second kappa shape index (κ2) is 7.20. The number of carboxylic acids is 1. The lowest BCUT2D eigenvalue weighted by atomic mass is 10.1. The molecular formula is C12H22N2O4. The number of urea groups is 1. The average Bonchev–Trinajstić information content (AvgIpc) is 2.77. The minimum atomic E-state index is -0.823. The molecule has 6 nitrogen and oxygen atoms in total. The molecule has 1 atom stereocenters. The second-order valence-corrected chi connectivity index (χ2v) is 4.77. The first kappa shape index (κ1) is 14.8. The van der Waals surface area contributed by atoms with Crippen LogP contribution in [-0.2, 0) is 9.53 Å². The quantitative estimate of drug-likeness (QED) is 0.694. The van der Waals surface area contributed by atoms with Crippen molar-refractivity contribution in [1.29, 1.82) is 0 Å². The highest BCUT2D eigenvalue weighted by Gasteiger charge is 2.30. The lowest BCUT2D eigenvalue weighted by Gasteiger charge is -2.16. The summed E-state index contributed by atoms with van der Waals surface area (Å²) in [7, 11) is 0. The lowest BCUT2D eigenvalue weighted by Crippen LogP contribution is -2.39. The summed E-state index contributed by atoms with van der Waals surface area (Å²) in [5.41, 5.74) is 0. The summed E-state index contributed by atoms with van der Waals surface area (Å²) in [5.74, 6) is -1.24. The summed E-state index contributed by atoms with van der Waals surface area (Å²) < 4.78 is 5.36. The van der Waals surface area contributed by atoms with E-state index in [1.165, 1.54) is 0 Å². The van der Waals surface area contributed by atoms with Crippen molar-refractivity contribution in [3.63, 3.8) is 0 Å². The van der Waals surface area contributed by atoms with Crippen LogP contribution in [0.2, 0.25) is 0 Å². The van der Waals surface area contributed by atoms with Crippen LogP contribution in [0.4, 0.5) is 4.79 Å². The highest BCUT2D eigenvalue weighted by Crippen LogP contribution is 2.15. The molecule has 0 aromatic rings. The molecule has 1 unspecified atom stereocenters. The number of hydrogen-bond donors (Lipinski definition) is 2. The molecule has 1 saturated heterocycles. The first-order chi connectivity index (χ1) is 8.50. The molecule has 1 aliphatic rings. The number of likely N-dealkylation sites (tertiary alicyclic amines) is 1. The molecular weight excluding hydrogens is 236 g/mol. The Morgan fingerprint density at radius 2 is 2.22 bits per heavy atom. The van der Waals surface area contributed by atoms with Gasteiger partial charge in [-0.1, -0.05) is 0 Å². The molecule has 2 amide bonds. The topological polar surface area (TPSA) is 78.9 Å². The number of hydrogen-bond acceptors (Lipinski definition) is 3. The molecule has 1 fully saturated rings. The van der Waals surface area contributed by atoms with Gasteiger partial charge in [0.2, 0.25) is 0 Å². The van der Waals surface area contributed by atoms with Gasteiger partial charge in [0.1, 0.15) is 0 Å². The number of amides is 2. The highest BCUT2D eigenvalue weighted by molar-refractivity contribution is 5.77. The van der Waals surface area contributed by atoms with Gasteiger partial charge in [-0.05, 0) is 26.7 Å². The van der Waals surface area contributed by atoms with E-state index in [1.54, 1.807) is 4.90 Å². The van der Waals surface area contributed by atoms with Crippen molar-refractivity contribution in [2.45, 2.75) is 32.8 Å². The van der Waals surface area contributed by atoms with Crippen molar-refractivity contribution in [2.75, 3.05) is 26.2 Å². The Bertz CT molecular complexity index is 294. The van der Waals surface area contributed by atoms with Gasteiger partial charge in [-0.15, -0.1) is 0 Å². The zero-order valence-electron chi connectivity index (χ0n) is 11.0. The van der Waals surface area contributed by atoms with E-state index in [2.05, 4.69) is 5.32 Å². The Hall–Kier alpha value is -1.30. The van der Waals surface area contributed by atoms with E-state index in [4.69, 9.17) is 9.84 Å². The summed E-state index contributed by atoms with van der Waals surface area (Å²) in [6.07, 6.45) is 1.51. The average molecular weight is 258 g/mol. The molecule has 0 aromatic heterocycles. The molecule has 0 bridgehead atoms. The second-order valence-electron chi connectivity index (χ2n) is 4.77. The van der Waals surface area contributed by atoms with Crippen molar-refractivity contribution in [3.05, 3.63) is 0 Å². The Kier molecular flexibility index (Phi) is 5.91. The Balaban J connectivity index is 2.12. The molecule has 0 aromatic carbocycles. The van der Waals surface area contributed by atoms with E-state index in [0.717, 1.165) is 6.42 Å². The third-order valence-corrected chi connectivity index (χ3v) is 2.87. The van der Waals surface area contributed by atoms with Crippen molar-refractivity contribution in [2.24, 2.45) is 5.92 Å². The van der Waals surface area contributed by atoms with Crippen molar-refractivity contribution >= 4 is 12.0 Å². The largest absolute Gasteiger partial charge is 0.481 e. The van der Waals surface area contributed by atoms with Crippen molar-refractivity contribution in [1.82, 2.24) is 10.2 Å². The van der Waals surface area contributed by atoms with Crippen LogP contribution in [0.1, 0.15) is 26.7 Å². The third-order valence-electron chi connectivity index (χ3n) is 2.87. The summed E-state index contributed by atoms with van der Waals surface area (Å²) in [6.45, 7) is 5.94. The molecule has 104 valence electrons. The summed E-state index contributed by atoms with van der Waals surface area (Å²) in [6, 6.07) is -0.178. The number of rotatable bonds is 6. The molecule has 1 rings (SSSR count). The SMILES string of the molecule is CC(C)OCCCNC(=O)N1CCC(C(=O)O)C1. The zero-order valence-corrected chi connectivity index (χ0v) is 11.0. The van der Waals surface area contributed by atoms with Crippen LogP contribution in [0.25, 0.3) is 0 Å². The van der Waals surface area contributed by atoms with Crippen molar-refractivity contribution in [3.8, 4) is 0 Å². The Morgan fingerprint density at radius 1 is 1.50 bits per heavy atom. The van der Waals surface area contributed by atoms with E-state index in [9.17, 15) is 9.59 Å². The molecule has 1 aliphatic heterocycles. The van der Waals surface area contributed by atoms with Gasteiger partial charge in [0.25, 0.3) is 0 Å². The monoisotopic (exact) mass is 258 g/mol. The van der Waals surface area contributed by atoms with E-state index >= 15 is 0 Å². The number of carboxylic acid groups (broad SMARTS) is 1. The van der Waals surface area contributed by atoms with Crippen LogP contribution >= 0.6 is 0 Å². The van der Waals surface area contributed by atoms with Crippen molar-refractivity contribution < 1.29 is 19.4 Å². The van der Waals surface area contributed by atoms with Crippen LogP contribution in [0.3, 0.4) is 0 Å². The van der Waals surface area contributed by atoms with Crippen LogP contribution in [-0.4, -0.2) is 54.4 Å². The Morgan fingerprint density at radius 3 is 2.78 bits per heavy atom. The highest BCUT2D eigenvalue weighted by atomic mass is 16.5. The van der Waals surface area contributed by atoms with Crippen LogP contribution in [0.5, 0.6) is 0 Å². The summed E-state index contributed by atoms with van der Waals surface area (Å²) in [5, 5.41) is 11.6. The van der Waals surface area contributed by atoms with E-state index in [0.29, 0.717) is 32.7 Å².